The third-order valence-electron chi connectivity index (χ3n) is 4.41. The SMILES string of the molecule is CC(C)CC(NC(=O)OC(C)(C)C)C1ON(Cc2ccccc2)CC1C(=O)O. The van der Waals surface area contributed by atoms with Crippen molar-refractivity contribution in [3.63, 3.8) is 0 Å². The molecule has 0 bridgehead atoms. The third-order valence-corrected chi connectivity index (χ3v) is 4.41. The first-order valence-electron chi connectivity index (χ1n) is 9.73. The fraction of sp³-hybridized carbons (Fsp3) is 0.619. The van der Waals surface area contributed by atoms with Gasteiger partial charge in [0.2, 0.25) is 0 Å². The van der Waals surface area contributed by atoms with Gasteiger partial charge in [0, 0.05) is 13.1 Å². The highest BCUT2D eigenvalue weighted by Gasteiger charge is 2.44. The summed E-state index contributed by atoms with van der Waals surface area (Å²) in [6.07, 6.45) is -0.629. The number of alkyl carbamates (subject to hydrolysis) is 1. The van der Waals surface area contributed by atoms with E-state index in [0.717, 1.165) is 5.56 Å². The van der Waals surface area contributed by atoms with Gasteiger partial charge in [-0.25, -0.2) is 4.79 Å². The second-order valence-corrected chi connectivity index (χ2v) is 8.71. The van der Waals surface area contributed by atoms with Crippen LogP contribution in [0.15, 0.2) is 30.3 Å². The van der Waals surface area contributed by atoms with E-state index in [2.05, 4.69) is 5.32 Å². The van der Waals surface area contributed by atoms with Crippen LogP contribution in [0.1, 0.15) is 46.6 Å². The molecule has 0 aliphatic carbocycles. The molecule has 0 saturated carbocycles. The van der Waals surface area contributed by atoms with Crippen molar-refractivity contribution in [3.05, 3.63) is 35.9 Å². The van der Waals surface area contributed by atoms with Crippen molar-refractivity contribution in [3.8, 4) is 0 Å². The molecule has 1 aromatic carbocycles. The summed E-state index contributed by atoms with van der Waals surface area (Å²) in [4.78, 5) is 30.2. The van der Waals surface area contributed by atoms with Crippen molar-refractivity contribution in [1.82, 2.24) is 10.4 Å². The van der Waals surface area contributed by atoms with Gasteiger partial charge in [0.25, 0.3) is 0 Å². The fourth-order valence-electron chi connectivity index (χ4n) is 3.32. The molecule has 3 atom stereocenters. The van der Waals surface area contributed by atoms with Crippen LogP contribution >= 0.6 is 0 Å². The van der Waals surface area contributed by atoms with E-state index in [-0.39, 0.29) is 12.5 Å². The van der Waals surface area contributed by atoms with Crippen LogP contribution in [-0.4, -0.2) is 46.5 Å². The normalized spacial score (nSPS) is 21.5. The number of aliphatic carboxylic acids is 1. The molecule has 1 saturated heterocycles. The molecule has 7 nitrogen and oxygen atoms in total. The van der Waals surface area contributed by atoms with E-state index in [0.29, 0.717) is 13.0 Å². The molecule has 7 heteroatoms. The molecule has 156 valence electrons. The quantitative estimate of drug-likeness (QED) is 0.739. The molecule has 0 radical (unpaired) electrons. The molecule has 2 N–H and O–H groups in total. The topological polar surface area (TPSA) is 88.1 Å². The molecule has 1 amide bonds. The zero-order valence-corrected chi connectivity index (χ0v) is 17.3. The first-order chi connectivity index (χ1) is 13.0. The van der Waals surface area contributed by atoms with E-state index in [1.165, 1.54) is 0 Å². The maximum Gasteiger partial charge on any atom is 0.407 e. The van der Waals surface area contributed by atoms with Crippen molar-refractivity contribution in [1.29, 1.82) is 0 Å². The van der Waals surface area contributed by atoms with E-state index in [4.69, 9.17) is 9.57 Å². The molecule has 28 heavy (non-hydrogen) atoms. The highest BCUT2D eigenvalue weighted by Crippen LogP contribution is 2.28. The first kappa shape index (κ1) is 22.2. The van der Waals surface area contributed by atoms with Gasteiger partial charge in [-0.15, -0.1) is 0 Å². The summed E-state index contributed by atoms with van der Waals surface area (Å²) in [5.74, 6) is -1.41. The Balaban J connectivity index is 2.14. The van der Waals surface area contributed by atoms with Gasteiger partial charge in [-0.05, 0) is 38.7 Å². The maximum absolute atomic E-state index is 12.3. The Morgan fingerprint density at radius 1 is 1.29 bits per heavy atom. The lowest BCUT2D eigenvalue weighted by Gasteiger charge is -2.29. The van der Waals surface area contributed by atoms with Gasteiger partial charge in [-0.1, -0.05) is 44.2 Å². The van der Waals surface area contributed by atoms with Crippen LogP contribution < -0.4 is 5.32 Å². The predicted molar refractivity (Wildman–Crippen MR) is 105 cm³/mol. The largest absolute Gasteiger partial charge is 0.481 e. The van der Waals surface area contributed by atoms with E-state index in [1.54, 1.807) is 25.8 Å². The van der Waals surface area contributed by atoms with Gasteiger partial charge in [-0.2, -0.15) is 5.06 Å². The number of hydrogen-bond donors (Lipinski definition) is 2. The Kier molecular flexibility index (Phi) is 7.43. The average molecular weight is 392 g/mol. The van der Waals surface area contributed by atoms with Gasteiger partial charge in [0.15, 0.2) is 0 Å². The summed E-state index contributed by atoms with van der Waals surface area (Å²) >= 11 is 0. The zero-order valence-electron chi connectivity index (χ0n) is 17.3. The van der Waals surface area contributed by atoms with Crippen molar-refractivity contribution in [2.75, 3.05) is 6.54 Å². The van der Waals surface area contributed by atoms with Gasteiger partial charge in [0.05, 0.1) is 6.04 Å². The van der Waals surface area contributed by atoms with Crippen molar-refractivity contribution >= 4 is 12.1 Å². The minimum Gasteiger partial charge on any atom is -0.481 e. The number of ether oxygens (including phenoxy) is 1. The third kappa shape index (κ3) is 6.80. The number of rotatable bonds is 7. The van der Waals surface area contributed by atoms with Crippen LogP contribution in [0, 0.1) is 11.8 Å². The van der Waals surface area contributed by atoms with Crippen LogP contribution in [0.5, 0.6) is 0 Å². The molecular weight excluding hydrogens is 360 g/mol. The fourth-order valence-corrected chi connectivity index (χ4v) is 3.32. The summed E-state index contributed by atoms with van der Waals surface area (Å²) in [5.41, 5.74) is 0.405. The number of amides is 1. The predicted octanol–water partition coefficient (Wildman–Crippen LogP) is 3.44. The van der Waals surface area contributed by atoms with Gasteiger partial charge in [-0.3, -0.25) is 9.63 Å². The first-order valence-corrected chi connectivity index (χ1v) is 9.73. The summed E-state index contributed by atoms with van der Waals surface area (Å²) in [5, 5.41) is 14.2. The molecule has 1 aromatic rings. The Morgan fingerprint density at radius 3 is 2.46 bits per heavy atom. The number of carbonyl (C=O) groups is 2. The number of carbonyl (C=O) groups excluding carboxylic acids is 1. The van der Waals surface area contributed by atoms with Gasteiger partial charge >= 0.3 is 12.1 Å². The standard InChI is InChI=1S/C21H32N2O5/c1-14(2)11-17(22-20(26)27-21(3,4)5)18-16(19(24)25)13-23(28-18)12-15-9-7-6-8-10-15/h6-10,14,16-18H,11-13H2,1-5H3,(H,22,26)(H,24,25). The van der Waals surface area contributed by atoms with Gasteiger partial charge < -0.3 is 15.2 Å². The number of benzene rings is 1. The maximum atomic E-state index is 12.3. The highest BCUT2D eigenvalue weighted by molar-refractivity contribution is 5.72. The summed E-state index contributed by atoms with van der Waals surface area (Å²) in [6, 6.07) is 9.28. The minimum atomic E-state index is -0.930. The van der Waals surface area contributed by atoms with Crippen LogP contribution in [0.4, 0.5) is 4.79 Å². The van der Waals surface area contributed by atoms with Crippen LogP contribution in [0.25, 0.3) is 0 Å². The van der Waals surface area contributed by atoms with E-state index >= 15 is 0 Å². The van der Waals surface area contributed by atoms with Crippen molar-refractivity contribution < 1.29 is 24.3 Å². The van der Waals surface area contributed by atoms with Crippen molar-refractivity contribution in [2.24, 2.45) is 11.8 Å². The molecule has 1 aliphatic heterocycles. The Hall–Kier alpha value is -2.12. The lowest BCUT2D eigenvalue weighted by molar-refractivity contribution is -0.166. The lowest BCUT2D eigenvalue weighted by atomic mass is 9.91. The number of nitrogens with one attached hydrogen (secondary N) is 1. The van der Waals surface area contributed by atoms with Crippen LogP contribution in [0.3, 0.4) is 0 Å². The summed E-state index contributed by atoms with van der Waals surface area (Å²) < 4.78 is 5.36. The second kappa shape index (κ2) is 9.39. The molecule has 2 rings (SSSR count). The molecule has 1 fully saturated rings. The number of nitrogens with zero attached hydrogens (tertiary/aromatic N) is 1. The second-order valence-electron chi connectivity index (χ2n) is 8.71. The van der Waals surface area contributed by atoms with Crippen LogP contribution in [0.2, 0.25) is 0 Å². The highest BCUT2D eigenvalue weighted by atomic mass is 16.7. The molecule has 1 heterocycles. The molecule has 0 spiro atoms. The molecular formula is C21H32N2O5. The van der Waals surface area contributed by atoms with Crippen LogP contribution in [-0.2, 0) is 20.9 Å². The number of hydroxylamine groups is 2. The Labute approximate surface area is 167 Å². The number of hydrogen-bond acceptors (Lipinski definition) is 5. The zero-order chi connectivity index (χ0) is 20.9. The minimum absolute atomic E-state index is 0.251. The summed E-state index contributed by atoms with van der Waals surface area (Å²) in [7, 11) is 0. The smallest absolute Gasteiger partial charge is 0.407 e. The van der Waals surface area contributed by atoms with Gasteiger partial charge in [0.1, 0.15) is 17.6 Å². The molecule has 1 aliphatic rings. The Morgan fingerprint density at radius 2 is 1.93 bits per heavy atom. The van der Waals surface area contributed by atoms with E-state index < -0.39 is 35.7 Å². The van der Waals surface area contributed by atoms with E-state index in [1.807, 2.05) is 44.2 Å². The summed E-state index contributed by atoms with van der Waals surface area (Å²) in [6.45, 7) is 10.2. The molecule has 3 unspecified atom stereocenters. The average Bonchev–Trinajstić information content (AvgIpc) is 2.97. The number of carboxylic acids is 1. The van der Waals surface area contributed by atoms with Crippen molar-refractivity contribution in [2.45, 2.75) is 65.3 Å². The number of carboxylic acid groups (broad SMARTS) is 1. The van der Waals surface area contributed by atoms with E-state index in [9.17, 15) is 14.7 Å². The monoisotopic (exact) mass is 392 g/mol. The lowest BCUT2D eigenvalue weighted by Crippen LogP contribution is -2.49. The molecule has 0 aromatic heterocycles. The Bertz CT molecular complexity index is 657.